The van der Waals surface area contributed by atoms with Gasteiger partial charge in [0.05, 0.1) is 15.6 Å². The number of carbonyl (C=O) groups excluding carboxylic acids is 1. The number of carbonyl (C=O) groups is 1. The van der Waals surface area contributed by atoms with E-state index in [2.05, 4.69) is 5.32 Å². The van der Waals surface area contributed by atoms with Gasteiger partial charge in [-0.05, 0) is 25.5 Å². The summed E-state index contributed by atoms with van der Waals surface area (Å²) in [5, 5.41) is 2.68. The lowest BCUT2D eigenvalue weighted by molar-refractivity contribution is 0.0938. The molecule has 1 rings (SSSR count). The first-order chi connectivity index (χ1) is 9.16. The van der Waals surface area contributed by atoms with Gasteiger partial charge in [-0.3, -0.25) is 4.79 Å². The number of halogens is 3. The Hall–Kier alpha value is -0.490. The van der Waals surface area contributed by atoms with E-state index in [9.17, 15) is 13.2 Å². The summed E-state index contributed by atoms with van der Waals surface area (Å²) in [7, 11) is 1.22. The summed E-state index contributed by atoms with van der Waals surface area (Å²) in [4.78, 5) is 11.7. The first kappa shape index (κ1) is 17.6. The van der Waals surface area contributed by atoms with Crippen LogP contribution in [0, 0.1) is 0 Å². The van der Waals surface area contributed by atoms with Crippen LogP contribution < -0.4 is 5.32 Å². The molecule has 0 aliphatic carbocycles. The van der Waals surface area contributed by atoms with Crippen molar-refractivity contribution in [2.45, 2.75) is 37.6 Å². The molecule has 0 heterocycles. The third-order valence-electron chi connectivity index (χ3n) is 2.63. The van der Waals surface area contributed by atoms with Gasteiger partial charge in [0.15, 0.2) is 0 Å². The second-order valence-electron chi connectivity index (χ2n) is 4.36. The first-order valence-corrected chi connectivity index (χ1v) is 8.98. The smallest absolute Gasteiger partial charge is 0.262 e. The molecule has 112 valence electrons. The van der Waals surface area contributed by atoms with Crippen molar-refractivity contribution in [3.8, 4) is 0 Å². The van der Waals surface area contributed by atoms with Gasteiger partial charge in [0.2, 0.25) is 0 Å². The first-order valence-electron chi connectivity index (χ1n) is 5.91. The maximum atomic E-state index is 12.1. The van der Waals surface area contributed by atoms with Gasteiger partial charge < -0.3 is 5.32 Å². The zero-order valence-corrected chi connectivity index (χ0v) is 14.0. The monoisotopic (exact) mass is 357 g/mol. The van der Waals surface area contributed by atoms with Crippen molar-refractivity contribution in [2.75, 3.05) is 0 Å². The van der Waals surface area contributed by atoms with Crippen molar-refractivity contribution < 1.29 is 13.2 Å². The van der Waals surface area contributed by atoms with E-state index in [4.69, 9.17) is 33.9 Å². The Morgan fingerprint density at radius 2 is 1.90 bits per heavy atom. The van der Waals surface area contributed by atoms with Crippen molar-refractivity contribution in [3.63, 3.8) is 0 Å². The maximum Gasteiger partial charge on any atom is 0.262 e. The molecule has 1 aromatic rings. The highest BCUT2D eigenvalue weighted by molar-refractivity contribution is 8.13. The fraction of sp³-hybridized carbons (Fsp3) is 0.417. The van der Waals surface area contributed by atoms with Gasteiger partial charge in [-0.25, -0.2) is 8.42 Å². The Morgan fingerprint density at radius 1 is 1.30 bits per heavy atom. The summed E-state index contributed by atoms with van der Waals surface area (Å²) in [5.74, 6) is -0.464. The van der Waals surface area contributed by atoms with E-state index in [0.29, 0.717) is 0 Å². The predicted molar refractivity (Wildman–Crippen MR) is 81.3 cm³/mol. The molecule has 1 unspecified atom stereocenters. The molecule has 0 aromatic heterocycles. The summed E-state index contributed by atoms with van der Waals surface area (Å²) in [5.41, 5.74) is 0.0262. The molecule has 20 heavy (non-hydrogen) atoms. The van der Waals surface area contributed by atoms with Crippen LogP contribution in [0.15, 0.2) is 17.0 Å². The van der Waals surface area contributed by atoms with Crippen LogP contribution in [0.25, 0.3) is 0 Å². The zero-order chi connectivity index (χ0) is 15.5. The third kappa shape index (κ3) is 4.52. The molecule has 4 nitrogen and oxygen atoms in total. The van der Waals surface area contributed by atoms with Crippen LogP contribution in [0.2, 0.25) is 10.0 Å². The Kier molecular flexibility index (Phi) is 6.13. The molecule has 0 fully saturated rings. The summed E-state index contributed by atoms with van der Waals surface area (Å²) < 4.78 is 22.7. The van der Waals surface area contributed by atoms with Crippen molar-refractivity contribution in [2.24, 2.45) is 0 Å². The standard InChI is InChI=1S/C12H14Cl3NO3S/c1-3-4-7(2)16-12(17)8-5-11(20(15,18)19)10(14)6-9(8)13/h5-7H,3-4H2,1-2H3,(H,16,17). The zero-order valence-electron chi connectivity index (χ0n) is 10.9. The van der Waals surface area contributed by atoms with E-state index < -0.39 is 15.0 Å². The average Bonchev–Trinajstić information content (AvgIpc) is 2.26. The normalized spacial score (nSPS) is 13.1. The molecule has 1 aromatic carbocycles. The SMILES string of the molecule is CCCC(C)NC(=O)c1cc(S(=O)(=O)Cl)c(Cl)cc1Cl. The van der Waals surface area contributed by atoms with Gasteiger partial charge >= 0.3 is 0 Å². The molecule has 0 saturated heterocycles. The van der Waals surface area contributed by atoms with Gasteiger partial charge in [-0.1, -0.05) is 36.5 Å². The Bertz CT molecular complexity index is 617. The number of rotatable bonds is 5. The largest absolute Gasteiger partial charge is 0.350 e. The van der Waals surface area contributed by atoms with Crippen LogP contribution in [0.5, 0.6) is 0 Å². The van der Waals surface area contributed by atoms with Crippen molar-refractivity contribution in [1.29, 1.82) is 0 Å². The van der Waals surface area contributed by atoms with Gasteiger partial charge in [0.25, 0.3) is 15.0 Å². The Morgan fingerprint density at radius 3 is 2.40 bits per heavy atom. The minimum absolute atomic E-state index is 0.0262. The second-order valence-corrected chi connectivity index (χ2v) is 7.71. The second kappa shape index (κ2) is 6.98. The van der Waals surface area contributed by atoms with Crippen molar-refractivity contribution in [1.82, 2.24) is 5.32 Å². The lowest BCUT2D eigenvalue weighted by atomic mass is 10.1. The number of hydrogen-bond acceptors (Lipinski definition) is 3. The molecule has 1 amide bonds. The van der Waals surface area contributed by atoms with Crippen LogP contribution >= 0.6 is 33.9 Å². The van der Waals surface area contributed by atoms with E-state index in [-0.39, 0.29) is 26.5 Å². The maximum absolute atomic E-state index is 12.1. The summed E-state index contributed by atoms with van der Waals surface area (Å²) in [6.07, 6.45) is 1.72. The minimum Gasteiger partial charge on any atom is -0.350 e. The van der Waals surface area contributed by atoms with E-state index in [0.717, 1.165) is 18.9 Å². The van der Waals surface area contributed by atoms with Gasteiger partial charge in [0.1, 0.15) is 4.90 Å². The Labute approximate surface area is 132 Å². The third-order valence-corrected chi connectivity index (χ3v) is 4.73. The molecule has 0 radical (unpaired) electrons. The van der Waals surface area contributed by atoms with Crippen LogP contribution in [0.4, 0.5) is 0 Å². The minimum atomic E-state index is -4.04. The molecule has 0 aliphatic rings. The van der Waals surface area contributed by atoms with Crippen LogP contribution in [0.1, 0.15) is 37.0 Å². The molecule has 0 saturated carbocycles. The highest BCUT2D eigenvalue weighted by Gasteiger charge is 2.21. The van der Waals surface area contributed by atoms with Crippen molar-refractivity contribution in [3.05, 3.63) is 27.7 Å². The quantitative estimate of drug-likeness (QED) is 0.813. The molecule has 1 atom stereocenters. The number of hydrogen-bond donors (Lipinski definition) is 1. The van der Waals surface area contributed by atoms with Gasteiger partial charge in [-0.2, -0.15) is 0 Å². The van der Waals surface area contributed by atoms with E-state index in [1.54, 1.807) is 0 Å². The van der Waals surface area contributed by atoms with Crippen LogP contribution in [-0.2, 0) is 9.05 Å². The summed E-state index contributed by atoms with van der Waals surface area (Å²) >= 11 is 11.7. The summed E-state index contributed by atoms with van der Waals surface area (Å²) in [6, 6.07) is 2.23. The molecule has 0 aliphatic heterocycles. The van der Waals surface area contributed by atoms with Crippen LogP contribution in [-0.4, -0.2) is 20.4 Å². The molecule has 8 heteroatoms. The number of benzene rings is 1. The van der Waals surface area contributed by atoms with Gasteiger partial charge in [-0.15, -0.1) is 0 Å². The van der Waals surface area contributed by atoms with Crippen LogP contribution in [0.3, 0.4) is 0 Å². The lowest BCUT2D eigenvalue weighted by Gasteiger charge is -2.14. The molecule has 0 spiro atoms. The Balaban J connectivity index is 3.16. The molecular formula is C12H14Cl3NO3S. The summed E-state index contributed by atoms with van der Waals surface area (Å²) in [6.45, 7) is 3.85. The highest BCUT2D eigenvalue weighted by Crippen LogP contribution is 2.30. The van der Waals surface area contributed by atoms with E-state index in [1.807, 2.05) is 13.8 Å². The fourth-order valence-corrected chi connectivity index (χ4v) is 3.52. The fourth-order valence-electron chi connectivity index (χ4n) is 1.70. The van der Waals surface area contributed by atoms with Crippen molar-refractivity contribution >= 4 is 48.8 Å². The average molecular weight is 359 g/mol. The molecular weight excluding hydrogens is 345 g/mol. The lowest BCUT2D eigenvalue weighted by Crippen LogP contribution is -2.32. The molecule has 0 bridgehead atoms. The van der Waals surface area contributed by atoms with E-state index in [1.165, 1.54) is 6.07 Å². The van der Waals surface area contributed by atoms with E-state index >= 15 is 0 Å². The number of nitrogens with one attached hydrogen (secondary N) is 1. The molecule has 1 N–H and O–H groups in total. The predicted octanol–water partition coefficient (Wildman–Crippen LogP) is 3.84. The number of amides is 1. The highest BCUT2D eigenvalue weighted by atomic mass is 35.7. The topological polar surface area (TPSA) is 63.2 Å². The van der Waals surface area contributed by atoms with Gasteiger partial charge in [0, 0.05) is 16.7 Å².